The highest BCUT2D eigenvalue weighted by Crippen LogP contribution is 2.66. The van der Waals surface area contributed by atoms with Gasteiger partial charge in [-0.05, 0) is 94.3 Å². The first-order valence-electron chi connectivity index (χ1n) is 19.9. The fourth-order valence-corrected chi connectivity index (χ4v) is 11.9. The molecule has 4 aliphatic rings. The summed E-state index contributed by atoms with van der Waals surface area (Å²) in [7, 11) is 0. The van der Waals surface area contributed by atoms with Crippen molar-refractivity contribution in [2.24, 2.45) is 5.92 Å². The van der Waals surface area contributed by atoms with Crippen LogP contribution in [0.5, 0.6) is 0 Å². The fourth-order valence-electron chi connectivity index (χ4n) is 10.8. The van der Waals surface area contributed by atoms with Crippen molar-refractivity contribution < 1.29 is 0 Å². The first kappa shape index (κ1) is 31.6. The molecule has 9 aromatic rings. The van der Waals surface area contributed by atoms with Crippen molar-refractivity contribution in [3.8, 4) is 16.8 Å². The van der Waals surface area contributed by atoms with E-state index in [1.807, 2.05) is 24.0 Å². The van der Waals surface area contributed by atoms with Gasteiger partial charge >= 0.3 is 0 Å². The number of aromatic nitrogens is 2. The van der Waals surface area contributed by atoms with Gasteiger partial charge in [0, 0.05) is 49.0 Å². The number of benzene rings is 7. The predicted molar refractivity (Wildman–Crippen MR) is 236 cm³/mol. The molecular weight excluding hydrogens is 711 g/mol. The Kier molecular flexibility index (Phi) is 6.35. The summed E-state index contributed by atoms with van der Waals surface area (Å²) in [4.78, 5) is 9.90. The Bertz CT molecular complexity index is 3270. The van der Waals surface area contributed by atoms with Crippen molar-refractivity contribution in [3.05, 3.63) is 204 Å². The molecule has 57 heavy (non-hydrogen) atoms. The van der Waals surface area contributed by atoms with E-state index in [9.17, 15) is 0 Å². The molecule has 0 bridgehead atoms. The van der Waals surface area contributed by atoms with Crippen molar-refractivity contribution in [1.29, 1.82) is 0 Å². The van der Waals surface area contributed by atoms with Crippen LogP contribution in [0.25, 0.3) is 55.1 Å². The van der Waals surface area contributed by atoms with E-state index < -0.39 is 5.41 Å². The zero-order valence-corrected chi connectivity index (χ0v) is 32.1. The van der Waals surface area contributed by atoms with Gasteiger partial charge in [0.25, 0.3) is 0 Å². The minimum Gasteiger partial charge on any atom is -0.309 e. The van der Waals surface area contributed by atoms with Crippen molar-refractivity contribution in [2.75, 3.05) is 4.90 Å². The molecule has 1 spiro atoms. The first-order chi connectivity index (χ1) is 28.2. The molecule has 4 heteroatoms. The monoisotopic (exact) mass is 745 g/mol. The largest absolute Gasteiger partial charge is 0.309 e. The number of fused-ring (bicyclic) bond motifs is 15. The average molecular weight is 746 g/mol. The summed E-state index contributed by atoms with van der Waals surface area (Å²) in [5.74, 6) is 0.346. The third-order valence-corrected chi connectivity index (χ3v) is 14.2. The zero-order valence-electron chi connectivity index (χ0n) is 31.3. The molecular formula is C53H35N3S. The molecule has 0 amide bonds. The molecule has 2 unspecified atom stereocenters. The number of nitrogens with zero attached hydrogens (tertiary/aromatic N) is 3. The van der Waals surface area contributed by atoms with E-state index in [0.29, 0.717) is 5.92 Å². The van der Waals surface area contributed by atoms with Crippen LogP contribution < -0.4 is 4.90 Å². The highest BCUT2D eigenvalue weighted by atomic mass is 32.2. The summed E-state index contributed by atoms with van der Waals surface area (Å²) in [6.07, 6.45) is 7.82. The topological polar surface area (TPSA) is 21.1 Å². The lowest BCUT2D eigenvalue weighted by Crippen LogP contribution is -2.34. The minimum absolute atomic E-state index is 0.346. The molecule has 2 aromatic heterocycles. The third-order valence-electron chi connectivity index (χ3n) is 13.0. The number of rotatable bonds is 2. The second kappa shape index (κ2) is 11.5. The Balaban J connectivity index is 1.11. The van der Waals surface area contributed by atoms with E-state index in [2.05, 4.69) is 180 Å². The van der Waals surface area contributed by atoms with Crippen LogP contribution in [0.2, 0.25) is 0 Å². The second-order valence-electron chi connectivity index (χ2n) is 15.9. The van der Waals surface area contributed by atoms with E-state index in [0.717, 1.165) is 28.6 Å². The maximum absolute atomic E-state index is 4.79. The molecule has 3 nitrogen and oxygen atoms in total. The maximum atomic E-state index is 4.79. The smallest absolute Gasteiger partial charge is 0.0780 e. The van der Waals surface area contributed by atoms with Gasteiger partial charge in [-0.15, -0.1) is 0 Å². The van der Waals surface area contributed by atoms with Gasteiger partial charge in [-0.2, -0.15) is 0 Å². The van der Waals surface area contributed by atoms with Crippen LogP contribution in [-0.2, 0) is 5.41 Å². The van der Waals surface area contributed by atoms with Crippen LogP contribution in [-0.4, -0.2) is 9.55 Å². The van der Waals surface area contributed by atoms with Gasteiger partial charge in [0.1, 0.15) is 0 Å². The molecule has 7 aromatic carbocycles. The van der Waals surface area contributed by atoms with Gasteiger partial charge in [-0.3, -0.25) is 4.98 Å². The molecule has 268 valence electrons. The molecule has 0 saturated carbocycles. The summed E-state index contributed by atoms with van der Waals surface area (Å²) < 4.78 is 2.54. The number of anilines is 3. The van der Waals surface area contributed by atoms with Crippen molar-refractivity contribution >= 4 is 67.1 Å². The molecule has 0 fully saturated rings. The Labute approximate surface area is 335 Å². The Morgan fingerprint density at radius 2 is 1.42 bits per heavy atom. The third kappa shape index (κ3) is 4.00. The van der Waals surface area contributed by atoms with E-state index in [-0.39, 0.29) is 0 Å². The molecule has 0 saturated heterocycles. The van der Waals surface area contributed by atoms with E-state index in [4.69, 9.17) is 4.98 Å². The summed E-state index contributed by atoms with van der Waals surface area (Å²) in [5.41, 5.74) is 18.7. The quantitative estimate of drug-likeness (QED) is 0.176. The molecule has 4 heterocycles. The minimum atomic E-state index is -0.482. The van der Waals surface area contributed by atoms with E-state index >= 15 is 0 Å². The highest BCUT2D eigenvalue weighted by Gasteiger charge is 2.54. The summed E-state index contributed by atoms with van der Waals surface area (Å²) in [5, 5.41) is 3.76. The molecule has 13 rings (SSSR count). The van der Waals surface area contributed by atoms with Gasteiger partial charge < -0.3 is 9.47 Å². The Morgan fingerprint density at radius 3 is 2.35 bits per heavy atom. The van der Waals surface area contributed by atoms with Gasteiger partial charge in [0.2, 0.25) is 0 Å². The number of hydrogen-bond acceptors (Lipinski definition) is 3. The lowest BCUT2D eigenvalue weighted by molar-refractivity contribution is 0.713. The van der Waals surface area contributed by atoms with E-state index in [1.54, 1.807) is 0 Å². The van der Waals surface area contributed by atoms with Crippen LogP contribution in [0.15, 0.2) is 191 Å². The molecule has 0 N–H and O–H groups in total. The Morgan fingerprint density at radius 1 is 0.649 bits per heavy atom. The summed E-state index contributed by atoms with van der Waals surface area (Å²) >= 11 is 1.90. The molecule has 0 radical (unpaired) electrons. The van der Waals surface area contributed by atoms with Crippen LogP contribution in [0, 0.1) is 5.92 Å². The van der Waals surface area contributed by atoms with Crippen LogP contribution in [0.1, 0.15) is 35.6 Å². The molecule has 2 atom stereocenters. The Hall–Kier alpha value is -6.62. The van der Waals surface area contributed by atoms with Crippen molar-refractivity contribution in [3.63, 3.8) is 0 Å². The lowest BCUT2D eigenvalue weighted by Gasteiger charge is -2.41. The first-order valence-corrected chi connectivity index (χ1v) is 20.8. The van der Waals surface area contributed by atoms with Gasteiger partial charge in [-0.1, -0.05) is 140 Å². The number of pyridine rings is 1. The van der Waals surface area contributed by atoms with Crippen LogP contribution in [0.3, 0.4) is 0 Å². The van der Waals surface area contributed by atoms with Crippen molar-refractivity contribution in [1.82, 2.24) is 9.55 Å². The predicted octanol–water partition coefficient (Wildman–Crippen LogP) is 13.9. The van der Waals surface area contributed by atoms with Crippen LogP contribution >= 0.6 is 11.8 Å². The second-order valence-corrected chi connectivity index (χ2v) is 16.9. The number of para-hydroxylation sites is 5. The van der Waals surface area contributed by atoms with Gasteiger partial charge in [-0.25, -0.2) is 0 Å². The average Bonchev–Trinajstić information content (AvgIpc) is 3.77. The van der Waals surface area contributed by atoms with Gasteiger partial charge in [0.05, 0.1) is 39.0 Å². The van der Waals surface area contributed by atoms with E-state index in [1.165, 1.54) is 87.6 Å². The van der Waals surface area contributed by atoms with Gasteiger partial charge in [0.15, 0.2) is 0 Å². The highest BCUT2D eigenvalue weighted by molar-refractivity contribution is 7.99. The molecule has 2 aliphatic carbocycles. The van der Waals surface area contributed by atoms with Crippen molar-refractivity contribution in [2.45, 2.75) is 28.6 Å². The summed E-state index contributed by atoms with van der Waals surface area (Å²) in [6, 6.07) is 58.8. The summed E-state index contributed by atoms with van der Waals surface area (Å²) in [6.45, 7) is 2.44. The standard InChI is InChI=1S/C53H35N3S/c1-32-12-8-19-40-48(32)49-41(53(40)39-18-3-5-22-44(39)56-43-21-4-2-15-37(43)38-17-10-20-42(53)51(38)56)29-30-47-52(49)55(45-23-6-7-24-46(45)57-47)35-27-25-33(26-28-35)36-16-9-13-34-14-11-31-54-50(34)36/h2-11,13-32H,12H2,1H3. The fraction of sp³-hybridized carbons (Fsp3) is 0.0755. The number of allylic oxidation sites excluding steroid dienone is 4. The SMILES string of the molecule is CC1CC=CC2=C1c1c(ccc3c1N(c1ccc(-c4cccc5cccnc45)cc1)c1ccccc1S3)C21c2ccccc2-n2c3ccccc3c3cccc1c32. The lowest BCUT2D eigenvalue weighted by atomic mass is 9.64. The maximum Gasteiger partial charge on any atom is 0.0780 e. The molecule has 2 aliphatic heterocycles. The zero-order chi connectivity index (χ0) is 37.4. The number of hydrogen-bond donors (Lipinski definition) is 0. The normalized spacial score (nSPS) is 18.5. The van der Waals surface area contributed by atoms with Crippen LogP contribution in [0.4, 0.5) is 17.1 Å².